The van der Waals surface area contributed by atoms with Crippen LogP contribution >= 0.6 is 0 Å². The van der Waals surface area contributed by atoms with Gasteiger partial charge in [0.2, 0.25) is 0 Å². The minimum Gasteiger partial charge on any atom is -0.375 e. The molecule has 0 aromatic heterocycles. The quantitative estimate of drug-likeness (QED) is 0.776. The van der Waals surface area contributed by atoms with Crippen molar-refractivity contribution in [3.05, 3.63) is 29.3 Å². The number of nitrogens with one attached hydrogen (secondary N) is 1. The molecule has 1 aromatic rings. The maximum absolute atomic E-state index is 3.20. The molecule has 1 N–H and O–H groups in total. The van der Waals surface area contributed by atoms with Crippen LogP contribution in [0.1, 0.15) is 36.8 Å². The van der Waals surface area contributed by atoms with Crippen LogP contribution in [0.4, 0.5) is 5.69 Å². The van der Waals surface area contributed by atoms with Gasteiger partial charge in [-0.05, 0) is 75.4 Å². The Labute approximate surface area is 111 Å². The Balaban J connectivity index is 1.91. The number of aryl methyl sites for hydroxylation is 2. The van der Waals surface area contributed by atoms with E-state index >= 15 is 0 Å². The summed E-state index contributed by atoms with van der Waals surface area (Å²) in [5.41, 5.74) is 4.55. The van der Waals surface area contributed by atoms with Crippen LogP contribution in [0, 0.1) is 0 Å². The van der Waals surface area contributed by atoms with Crippen molar-refractivity contribution >= 4 is 5.69 Å². The molecule has 1 aromatic carbocycles. The zero-order valence-corrected chi connectivity index (χ0v) is 11.8. The lowest BCUT2D eigenvalue weighted by Crippen LogP contribution is -2.20. The van der Waals surface area contributed by atoms with Crippen molar-refractivity contribution in [1.82, 2.24) is 5.32 Å². The molecular weight excluding hydrogens is 220 g/mol. The number of anilines is 1. The lowest BCUT2D eigenvalue weighted by molar-refractivity contribution is 0.668. The molecule has 0 radical (unpaired) electrons. The topological polar surface area (TPSA) is 15.3 Å². The first kappa shape index (κ1) is 13.4. The standard InChI is InChI=1S/C16H26N2/c1-17-11-5-6-12-18(2)16-10-9-14-7-3-4-8-15(14)13-16/h9-10,13,17H,3-8,11-12H2,1-2H3. The van der Waals surface area contributed by atoms with Crippen LogP contribution in [0.25, 0.3) is 0 Å². The molecule has 2 rings (SSSR count). The van der Waals surface area contributed by atoms with E-state index in [0.717, 1.165) is 13.1 Å². The molecule has 0 unspecified atom stereocenters. The van der Waals surface area contributed by atoms with Crippen LogP contribution in [0.2, 0.25) is 0 Å². The van der Waals surface area contributed by atoms with Crippen molar-refractivity contribution < 1.29 is 0 Å². The van der Waals surface area contributed by atoms with Gasteiger partial charge in [-0.15, -0.1) is 0 Å². The fourth-order valence-electron chi connectivity index (χ4n) is 2.74. The Morgan fingerprint density at radius 1 is 1.11 bits per heavy atom. The van der Waals surface area contributed by atoms with Gasteiger partial charge in [-0.1, -0.05) is 6.07 Å². The number of hydrogen-bond donors (Lipinski definition) is 1. The first-order valence-electron chi connectivity index (χ1n) is 7.29. The first-order chi connectivity index (χ1) is 8.81. The van der Waals surface area contributed by atoms with Crippen LogP contribution in [-0.2, 0) is 12.8 Å². The number of fused-ring (bicyclic) bond motifs is 1. The molecular formula is C16H26N2. The number of benzene rings is 1. The summed E-state index contributed by atoms with van der Waals surface area (Å²) in [6.45, 7) is 2.28. The lowest BCUT2D eigenvalue weighted by atomic mass is 9.91. The van der Waals surface area contributed by atoms with Gasteiger partial charge in [0.1, 0.15) is 0 Å². The summed E-state index contributed by atoms with van der Waals surface area (Å²) in [6, 6.07) is 7.04. The molecule has 0 saturated carbocycles. The third-order valence-corrected chi connectivity index (χ3v) is 3.94. The maximum atomic E-state index is 3.20. The molecule has 0 spiro atoms. The molecule has 0 heterocycles. The number of rotatable bonds is 6. The molecule has 100 valence electrons. The van der Waals surface area contributed by atoms with Gasteiger partial charge in [-0.25, -0.2) is 0 Å². The molecule has 18 heavy (non-hydrogen) atoms. The predicted molar refractivity (Wildman–Crippen MR) is 79.5 cm³/mol. The summed E-state index contributed by atoms with van der Waals surface area (Å²) < 4.78 is 0. The molecule has 0 saturated heterocycles. The summed E-state index contributed by atoms with van der Waals surface area (Å²) in [6.07, 6.45) is 7.80. The second-order valence-electron chi connectivity index (χ2n) is 5.39. The van der Waals surface area contributed by atoms with E-state index in [4.69, 9.17) is 0 Å². The predicted octanol–water partition coefficient (Wildman–Crippen LogP) is 3.00. The second-order valence-corrected chi connectivity index (χ2v) is 5.39. The molecule has 1 aliphatic rings. The molecule has 2 nitrogen and oxygen atoms in total. The van der Waals surface area contributed by atoms with Gasteiger partial charge in [0.15, 0.2) is 0 Å². The van der Waals surface area contributed by atoms with Crippen LogP contribution in [-0.4, -0.2) is 27.2 Å². The highest BCUT2D eigenvalue weighted by Gasteiger charge is 2.10. The van der Waals surface area contributed by atoms with Crippen molar-refractivity contribution in [3.63, 3.8) is 0 Å². The second kappa shape index (κ2) is 6.79. The number of unbranched alkanes of at least 4 members (excludes halogenated alkanes) is 1. The third-order valence-electron chi connectivity index (χ3n) is 3.94. The highest BCUT2D eigenvalue weighted by atomic mass is 15.1. The zero-order valence-electron chi connectivity index (χ0n) is 11.8. The van der Waals surface area contributed by atoms with Crippen molar-refractivity contribution in [2.45, 2.75) is 38.5 Å². The molecule has 0 amide bonds. The van der Waals surface area contributed by atoms with Gasteiger partial charge in [0.05, 0.1) is 0 Å². The molecule has 2 heteroatoms. The monoisotopic (exact) mass is 246 g/mol. The van der Waals surface area contributed by atoms with Crippen molar-refractivity contribution in [2.75, 3.05) is 32.1 Å². The van der Waals surface area contributed by atoms with Gasteiger partial charge in [-0.2, -0.15) is 0 Å². The molecule has 0 atom stereocenters. The van der Waals surface area contributed by atoms with Gasteiger partial charge < -0.3 is 10.2 Å². The third kappa shape index (κ3) is 3.49. The average Bonchev–Trinajstić information content (AvgIpc) is 2.43. The molecule has 0 fully saturated rings. The normalized spacial score (nSPS) is 14.3. The average molecular weight is 246 g/mol. The SMILES string of the molecule is CNCCCCN(C)c1ccc2c(c1)CCCC2. The Bertz CT molecular complexity index is 373. The Hall–Kier alpha value is -1.02. The number of nitrogens with zero attached hydrogens (tertiary/aromatic N) is 1. The molecule has 1 aliphatic carbocycles. The maximum Gasteiger partial charge on any atom is 0.0366 e. The zero-order chi connectivity index (χ0) is 12.8. The number of hydrogen-bond acceptors (Lipinski definition) is 2. The largest absolute Gasteiger partial charge is 0.375 e. The fourth-order valence-corrected chi connectivity index (χ4v) is 2.74. The van der Waals surface area contributed by atoms with Crippen molar-refractivity contribution in [2.24, 2.45) is 0 Å². The van der Waals surface area contributed by atoms with E-state index in [0.29, 0.717) is 0 Å². The van der Waals surface area contributed by atoms with Gasteiger partial charge >= 0.3 is 0 Å². The summed E-state index contributed by atoms with van der Waals surface area (Å²) in [5.74, 6) is 0. The highest BCUT2D eigenvalue weighted by molar-refractivity contribution is 5.51. The Kier molecular flexibility index (Phi) is 5.06. The van der Waals surface area contributed by atoms with E-state index in [1.54, 1.807) is 11.1 Å². The fraction of sp³-hybridized carbons (Fsp3) is 0.625. The highest BCUT2D eigenvalue weighted by Crippen LogP contribution is 2.25. The van der Waals surface area contributed by atoms with Crippen LogP contribution < -0.4 is 10.2 Å². The Morgan fingerprint density at radius 3 is 2.67 bits per heavy atom. The minimum absolute atomic E-state index is 1.12. The first-order valence-corrected chi connectivity index (χ1v) is 7.29. The minimum atomic E-state index is 1.12. The van der Waals surface area contributed by atoms with E-state index < -0.39 is 0 Å². The van der Waals surface area contributed by atoms with Gasteiger partial charge in [0.25, 0.3) is 0 Å². The lowest BCUT2D eigenvalue weighted by Gasteiger charge is -2.23. The smallest absolute Gasteiger partial charge is 0.0366 e. The van der Waals surface area contributed by atoms with Crippen LogP contribution in [0.5, 0.6) is 0 Å². The summed E-state index contributed by atoms with van der Waals surface area (Å²) in [4.78, 5) is 2.39. The van der Waals surface area contributed by atoms with Crippen LogP contribution in [0.15, 0.2) is 18.2 Å². The summed E-state index contributed by atoms with van der Waals surface area (Å²) >= 11 is 0. The van der Waals surface area contributed by atoms with E-state index in [9.17, 15) is 0 Å². The molecule has 0 aliphatic heterocycles. The Morgan fingerprint density at radius 2 is 1.89 bits per heavy atom. The van der Waals surface area contributed by atoms with E-state index in [1.165, 1.54) is 44.2 Å². The van der Waals surface area contributed by atoms with Crippen LogP contribution in [0.3, 0.4) is 0 Å². The summed E-state index contributed by atoms with van der Waals surface area (Å²) in [5, 5.41) is 3.20. The van der Waals surface area contributed by atoms with E-state index in [-0.39, 0.29) is 0 Å². The van der Waals surface area contributed by atoms with Gasteiger partial charge in [0, 0.05) is 19.3 Å². The van der Waals surface area contributed by atoms with Gasteiger partial charge in [-0.3, -0.25) is 0 Å². The van der Waals surface area contributed by atoms with Crippen molar-refractivity contribution in [3.8, 4) is 0 Å². The van der Waals surface area contributed by atoms with E-state index in [2.05, 4.69) is 35.5 Å². The summed E-state index contributed by atoms with van der Waals surface area (Å²) in [7, 11) is 4.23. The van der Waals surface area contributed by atoms with Crippen molar-refractivity contribution in [1.29, 1.82) is 0 Å². The van der Waals surface area contributed by atoms with E-state index in [1.807, 2.05) is 7.05 Å². The molecule has 0 bridgehead atoms.